The lowest BCUT2D eigenvalue weighted by Gasteiger charge is -2.08. The number of fused-ring (bicyclic) bond motifs is 1. The van der Waals surface area contributed by atoms with Crippen LogP contribution >= 0.6 is 0 Å². The number of aromatic nitrogens is 4. The van der Waals surface area contributed by atoms with E-state index in [1.54, 1.807) is 30.3 Å². The molecule has 4 rings (SSSR count). The summed E-state index contributed by atoms with van der Waals surface area (Å²) in [6.07, 6.45) is 6.22. The molecule has 0 saturated heterocycles. The Balaban J connectivity index is 1.77. The zero-order valence-corrected chi connectivity index (χ0v) is 14.0. The average molecular weight is 370 g/mol. The van der Waals surface area contributed by atoms with Gasteiger partial charge in [0.05, 0.1) is 17.9 Å². The molecule has 130 valence electrons. The Morgan fingerprint density at radius 3 is 2.58 bits per heavy atom. The predicted octanol–water partition coefficient (Wildman–Crippen LogP) is 2.99. The number of pyridine rings is 1. The van der Waals surface area contributed by atoms with E-state index in [2.05, 4.69) is 15.0 Å². The molecule has 0 aliphatic heterocycles. The van der Waals surface area contributed by atoms with E-state index in [0.717, 1.165) is 16.4 Å². The first-order valence-corrected chi connectivity index (χ1v) is 8.90. The van der Waals surface area contributed by atoms with Crippen molar-refractivity contribution in [1.29, 1.82) is 0 Å². The minimum atomic E-state index is -3.80. The number of benzene rings is 1. The fourth-order valence-electron chi connectivity index (χ4n) is 2.43. The molecule has 26 heavy (non-hydrogen) atoms. The summed E-state index contributed by atoms with van der Waals surface area (Å²) >= 11 is 0. The molecule has 1 aromatic carbocycles. The minimum Gasteiger partial charge on any atom is -0.424 e. The smallest absolute Gasteiger partial charge is 0.322 e. The highest BCUT2D eigenvalue weighted by molar-refractivity contribution is 7.90. The lowest BCUT2D eigenvalue weighted by atomic mass is 10.2. The third-order valence-corrected chi connectivity index (χ3v) is 5.30. The van der Waals surface area contributed by atoms with Gasteiger partial charge in [-0.05, 0) is 30.3 Å². The third kappa shape index (κ3) is 2.88. The van der Waals surface area contributed by atoms with Gasteiger partial charge in [-0.25, -0.2) is 26.7 Å². The van der Waals surface area contributed by atoms with Crippen LogP contribution < -0.4 is 4.74 Å². The van der Waals surface area contributed by atoms with Gasteiger partial charge in [0.25, 0.3) is 10.0 Å². The second kappa shape index (κ2) is 6.19. The van der Waals surface area contributed by atoms with Gasteiger partial charge in [0.1, 0.15) is 10.6 Å². The molecule has 4 aromatic rings. The van der Waals surface area contributed by atoms with Crippen LogP contribution in [0, 0.1) is 5.82 Å². The summed E-state index contributed by atoms with van der Waals surface area (Å²) < 4.78 is 45.2. The van der Waals surface area contributed by atoms with Crippen molar-refractivity contribution in [3.63, 3.8) is 0 Å². The van der Waals surface area contributed by atoms with E-state index in [1.807, 2.05) is 0 Å². The molecule has 0 atom stereocenters. The number of hydrogen-bond donors (Lipinski definition) is 0. The minimum absolute atomic E-state index is 0.0426. The predicted molar refractivity (Wildman–Crippen MR) is 90.8 cm³/mol. The van der Waals surface area contributed by atoms with E-state index >= 15 is 0 Å². The Kier molecular flexibility index (Phi) is 3.85. The zero-order valence-electron chi connectivity index (χ0n) is 13.2. The summed E-state index contributed by atoms with van der Waals surface area (Å²) in [7, 11) is -3.80. The molecule has 9 heteroatoms. The molecule has 0 unspecified atom stereocenters. The van der Waals surface area contributed by atoms with Crippen LogP contribution in [-0.4, -0.2) is 27.3 Å². The molecule has 0 aliphatic rings. The van der Waals surface area contributed by atoms with E-state index in [9.17, 15) is 12.8 Å². The van der Waals surface area contributed by atoms with Crippen molar-refractivity contribution in [2.75, 3.05) is 0 Å². The molecule has 0 amide bonds. The van der Waals surface area contributed by atoms with Gasteiger partial charge < -0.3 is 4.74 Å². The number of nitrogens with zero attached hydrogens (tertiary/aromatic N) is 4. The van der Waals surface area contributed by atoms with E-state index < -0.39 is 15.8 Å². The van der Waals surface area contributed by atoms with Crippen LogP contribution in [0.25, 0.3) is 10.9 Å². The SMILES string of the molecule is O=S(=O)(c1cccnc1)n1ccc2ccc(Oc3ncc(F)cn3)cc21. The van der Waals surface area contributed by atoms with E-state index in [4.69, 9.17) is 4.74 Å². The standard InChI is InChI=1S/C17H11FN4O3S/c18-13-9-20-17(21-10-13)25-14-4-3-12-5-7-22(16(12)8-14)26(23,24)15-2-1-6-19-11-15/h1-11H. The van der Waals surface area contributed by atoms with Crippen LogP contribution in [0.4, 0.5) is 4.39 Å². The number of rotatable bonds is 4. The molecule has 0 radical (unpaired) electrons. The van der Waals surface area contributed by atoms with Crippen LogP contribution in [-0.2, 0) is 10.0 Å². The summed E-state index contributed by atoms with van der Waals surface area (Å²) in [5.74, 6) is -0.255. The van der Waals surface area contributed by atoms with Crippen LogP contribution in [0.2, 0.25) is 0 Å². The maximum Gasteiger partial charge on any atom is 0.322 e. The first kappa shape index (κ1) is 16.2. The first-order valence-electron chi connectivity index (χ1n) is 7.46. The van der Waals surface area contributed by atoms with E-state index in [1.165, 1.54) is 24.7 Å². The molecule has 0 fully saturated rings. The summed E-state index contributed by atoms with van der Waals surface area (Å²) in [5.41, 5.74) is 0.425. The maximum atomic E-state index is 12.9. The van der Waals surface area contributed by atoms with Gasteiger partial charge in [0.15, 0.2) is 5.82 Å². The number of halogens is 1. The normalized spacial score (nSPS) is 11.6. The van der Waals surface area contributed by atoms with Crippen molar-refractivity contribution < 1.29 is 17.5 Å². The summed E-state index contributed by atoms with van der Waals surface area (Å²) in [4.78, 5) is 11.4. The van der Waals surface area contributed by atoms with Gasteiger partial charge in [0.2, 0.25) is 0 Å². The van der Waals surface area contributed by atoms with Gasteiger partial charge in [-0.15, -0.1) is 0 Å². The van der Waals surface area contributed by atoms with Crippen molar-refractivity contribution in [3.05, 3.63) is 73.2 Å². The van der Waals surface area contributed by atoms with Crippen LogP contribution in [0.3, 0.4) is 0 Å². The number of hydrogen-bond acceptors (Lipinski definition) is 6. The lowest BCUT2D eigenvalue weighted by Crippen LogP contribution is -2.11. The summed E-state index contributed by atoms with van der Waals surface area (Å²) in [5, 5.41) is 0.713. The topological polar surface area (TPSA) is 87.0 Å². The molecular weight excluding hydrogens is 359 g/mol. The molecule has 0 spiro atoms. The molecule has 3 aromatic heterocycles. The summed E-state index contributed by atoms with van der Waals surface area (Å²) in [6.45, 7) is 0. The molecule has 0 N–H and O–H groups in total. The second-order valence-electron chi connectivity index (χ2n) is 5.31. The Hall–Kier alpha value is -3.33. The molecule has 7 nitrogen and oxygen atoms in total. The third-order valence-electron chi connectivity index (χ3n) is 3.63. The quantitative estimate of drug-likeness (QED) is 0.549. The van der Waals surface area contributed by atoms with Gasteiger partial charge in [0, 0.05) is 30.0 Å². The largest absolute Gasteiger partial charge is 0.424 e. The van der Waals surface area contributed by atoms with Crippen molar-refractivity contribution in [2.24, 2.45) is 0 Å². The molecule has 3 heterocycles. The van der Waals surface area contributed by atoms with Crippen LogP contribution in [0.15, 0.2) is 72.3 Å². The molecular formula is C17H11FN4O3S. The van der Waals surface area contributed by atoms with Crippen LogP contribution in [0.5, 0.6) is 11.8 Å². The van der Waals surface area contributed by atoms with E-state index in [-0.39, 0.29) is 10.9 Å². The highest BCUT2D eigenvalue weighted by Crippen LogP contribution is 2.27. The number of ether oxygens (including phenoxy) is 1. The molecule has 0 aliphatic carbocycles. The van der Waals surface area contributed by atoms with Gasteiger partial charge >= 0.3 is 6.01 Å². The van der Waals surface area contributed by atoms with E-state index in [0.29, 0.717) is 16.7 Å². The van der Waals surface area contributed by atoms with Crippen LogP contribution in [0.1, 0.15) is 0 Å². The zero-order chi connectivity index (χ0) is 18.1. The lowest BCUT2D eigenvalue weighted by molar-refractivity contribution is 0.436. The Morgan fingerprint density at radius 2 is 1.85 bits per heavy atom. The van der Waals surface area contributed by atoms with Crippen molar-refractivity contribution >= 4 is 20.9 Å². The fraction of sp³-hybridized carbons (Fsp3) is 0. The monoisotopic (exact) mass is 370 g/mol. The Bertz CT molecular complexity index is 1180. The van der Waals surface area contributed by atoms with Crippen molar-refractivity contribution in [1.82, 2.24) is 18.9 Å². The van der Waals surface area contributed by atoms with Gasteiger partial charge in [-0.1, -0.05) is 0 Å². The average Bonchev–Trinajstić information content (AvgIpc) is 3.08. The summed E-state index contributed by atoms with van der Waals surface area (Å²) in [6, 6.07) is 9.58. The van der Waals surface area contributed by atoms with Gasteiger partial charge in [-0.3, -0.25) is 4.98 Å². The Morgan fingerprint density at radius 1 is 1.04 bits per heavy atom. The molecule has 0 bridgehead atoms. The highest BCUT2D eigenvalue weighted by atomic mass is 32.2. The van der Waals surface area contributed by atoms with Gasteiger partial charge in [-0.2, -0.15) is 0 Å². The first-order chi connectivity index (χ1) is 12.5. The Labute approximate surface area is 147 Å². The van der Waals surface area contributed by atoms with Crippen molar-refractivity contribution in [3.8, 4) is 11.8 Å². The second-order valence-corrected chi connectivity index (χ2v) is 7.13. The maximum absolute atomic E-state index is 12.9. The fourth-order valence-corrected chi connectivity index (χ4v) is 3.74. The van der Waals surface area contributed by atoms with Crippen molar-refractivity contribution in [2.45, 2.75) is 4.90 Å². The molecule has 0 saturated carbocycles. The highest BCUT2D eigenvalue weighted by Gasteiger charge is 2.19.